The van der Waals surface area contributed by atoms with Gasteiger partial charge in [-0.15, -0.1) is 0 Å². The van der Waals surface area contributed by atoms with Crippen molar-refractivity contribution in [2.75, 3.05) is 27.9 Å². The zero-order chi connectivity index (χ0) is 18.7. The van der Waals surface area contributed by atoms with Crippen LogP contribution in [0.15, 0.2) is 22.7 Å². The number of benzene rings is 1. The Labute approximate surface area is 155 Å². The molecule has 1 aromatic heterocycles. The smallest absolute Gasteiger partial charge is 0.203 e. The van der Waals surface area contributed by atoms with E-state index in [1.807, 2.05) is 12.1 Å². The standard InChI is InChI=1S/C20H28N2O4/c1-13(2)15-11-18(26-21-15)16-7-6-10-22(16)12-14-8-9-17(23-3)20(25-5)19(14)24-4/h8-9,11,13,16H,6-7,10,12H2,1-5H3/t16-/m1/s1. The molecule has 6 heteroatoms. The summed E-state index contributed by atoms with van der Waals surface area (Å²) in [6.07, 6.45) is 2.21. The Balaban J connectivity index is 1.85. The molecule has 0 amide bonds. The van der Waals surface area contributed by atoms with E-state index in [2.05, 4.69) is 30.0 Å². The molecule has 0 aliphatic carbocycles. The molecule has 142 valence electrons. The quantitative estimate of drug-likeness (QED) is 0.739. The largest absolute Gasteiger partial charge is 0.493 e. The highest BCUT2D eigenvalue weighted by Crippen LogP contribution is 2.42. The van der Waals surface area contributed by atoms with Gasteiger partial charge in [0, 0.05) is 18.2 Å². The van der Waals surface area contributed by atoms with Gasteiger partial charge >= 0.3 is 0 Å². The second-order valence-electron chi connectivity index (χ2n) is 6.93. The van der Waals surface area contributed by atoms with Crippen LogP contribution in [0.4, 0.5) is 0 Å². The van der Waals surface area contributed by atoms with E-state index in [1.165, 1.54) is 0 Å². The predicted octanol–water partition coefficient (Wildman–Crippen LogP) is 4.16. The molecule has 2 aromatic rings. The number of methoxy groups -OCH3 is 3. The summed E-state index contributed by atoms with van der Waals surface area (Å²) in [4.78, 5) is 2.41. The zero-order valence-corrected chi connectivity index (χ0v) is 16.2. The molecular formula is C20H28N2O4. The first-order valence-corrected chi connectivity index (χ1v) is 9.07. The lowest BCUT2D eigenvalue weighted by molar-refractivity contribution is 0.203. The van der Waals surface area contributed by atoms with Crippen LogP contribution < -0.4 is 14.2 Å². The van der Waals surface area contributed by atoms with Crippen LogP contribution in [0.2, 0.25) is 0 Å². The van der Waals surface area contributed by atoms with Crippen molar-refractivity contribution in [3.8, 4) is 17.2 Å². The maximum atomic E-state index is 5.65. The lowest BCUT2D eigenvalue weighted by atomic mass is 10.1. The first-order valence-electron chi connectivity index (χ1n) is 9.07. The van der Waals surface area contributed by atoms with Crippen molar-refractivity contribution in [3.05, 3.63) is 35.2 Å². The summed E-state index contributed by atoms with van der Waals surface area (Å²) in [5, 5.41) is 4.22. The Morgan fingerprint density at radius 1 is 1.15 bits per heavy atom. The Morgan fingerprint density at radius 2 is 1.92 bits per heavy atom. The van der Waals surface area contributed by atoms with Crippen molar-refractivity contribution in [1.29, 1.82) is 0 Å². The average molecular weight is 360 g/mol. The van der Waals surface area contributed by atoms with Gasteiger partial charge < -0.3 is 18.7 Å². The van der Waals surface area contributed by atoms with Crippen LogP contribution in [0, 0.1) is 0 Å². The number of aromatic nitrogens is 1. The third-order valence-electron chi connectivity index (χ3n) is 4.99. The van der Waals surface area contributed by atoms with E-state index in [4.69, 9.17) is 18.7 Å². The Hall–Kier alpha value is -2.21. The molecule has 1 aliphatic heterocycles. The Morgan fingerprint density at radius 3 is 2.54 bits per heavy atom. The van der Waals surface area contributed by atoms with Gasteiger partial charge in [-0.2, -0.15) is 0 Å². The summed E-state index contributed by atoms with van der Waals surface area (Å²) in [6.45, 7) is 6.02. The summed E-state index contributed by atoms with van der Waals surface area (Å²) in [6, 6.07) is 6.30. The van der Waals surface area contributed by atoms with Gasteiger partial charge in [0.25, 0.3) is 0 Å². The van der Waals surface area contributed by atoms with Gasteiger partial charge in [0.05, 0.1) is 33.1 Å². The average Bonchev–Trinajstić information content (AvgIpc) is 3.30. The number of likely N-dealkylation sites (tertiary alicyclic amines) is 1. The molecule has 1 aromatic carbocycles. The van der Waals surface area contributed by atoms with Crippen LogP contribution in [0.1, 0.15) is 55.7 Å². The maximum Gasteiger partial charge on any atom is 0.203 e. The van der Waals surface area contributed by atoms with E-state index >= 15 is 0 Å². The SMILES string of the molecule is COc1ccc(CN2CCC[C@@H]2c2cc(C(C)C)no2)c(OC)c1OC. The molecule has 2 heterocycles. The van der Waals surface area contributed by atoms with Crippen molar-refractivity contribution < 1.29 is 18.7 Å². The molecular weight excluding hydrogens is 332 g/mol. The molecule has 1 atom stereocenters. The fourth-order valence-corrected chi connectivity index (χ4v) is 3.58. The van der Waals surface area contributed by atoms with Crippen molar-refractivity contribution >= 4 is 0 Å². The molecule has 0 saturated carbocycles. The molecule has 0 unspecified atom stereocenters. The molecule has 0 radical (unpaired) electrons. The third-order valence-corrected chi connectivity index (χ3v) is 4.99. The van der Waals surface area contributed by atoms with Gasteiger partial charge in [0.2, 0.25) is 5.75 Å². The number of rotatable bonds is 7. The number of nitrogens with zero attached hydrogens (tertiary/aromatic N) is 2. The molecule has 6 nitrogen and oxygen atoms in total. The van der Waals surface area contributed by atoms with Gasteiger partial charge in [-0.25, -0.2) is 0 Å². The van der Waals surface area contributed by atoms with E-state index in [1.54, 1.807) is 21.3 Å². The van der Waals surface area contributed by atoms with Crippen molar-refractivity contribution in [3.63, 3.8) is 0 Å². The second kappa shape index (κ2) is 7.99. The van der Waals surface area contributed by atoms with Crippen molar-refractivity contribution in [2.45, 2.75) is 45.2 Å². The van der Waals surface area contributed by atoms with Gasteiger partial charge in [0.15, 0.2) is 17.3 Å². The number of ether oxygens (including phenoxy) is 3. The van der Waals surface area contributed by atoms with Crippen LogP contribution in [0.25, 0.3) is 0 Å². The lowest BCUT2D eigenvalue weighted by Crippen LogP contribution is -2.23. The summed E-state index contributed by atoms with van der Waals surface area (Å²) < 4.78 is 22.2. The highest BCUT2D eigenvalue weighted by molar-refractivity contribution is 5.55. The summed E-state index contributed by atoms with van der Waals surface area (Å²) in [5.74, 6) is 3.34. The molecule has 26 heavy (non-hydrogen) atoms. The summed E-state index contributed by atoms with van der Waals surface area (Å²) >= 11 is 0. The van der Waals surface area contributed by atoms with Gasteiger partial charge in [-0.3, -0.25) is 4.90 Å². The van der Waals surface area contributed by atoms with Crippen LogP contribution >= 0.6 is 0 Å². The van der Waals surface area contributed by atoms with Crippen molar-refractivity contribution in [2.24, 2.45) is 0 Å². The van der Waals surface area contributed by atoms with E-state index in [9.17, 15) is 0 Å². The molecule has 0 N–H and O–H groups in total. The highest BCUT2D eigenvalue weighted by Gasteiger charge is 2.31. The van der Waals surface area contributed by atoms with E-state index in [0.717, 1.165) is 48.7 Å². The topological polar surface area (TPSA) is 57.0 Å². The minimum Gasteiger partial charge on any atom is -0.493 e. The Bertz CT molecular complexity index is 741. The molecule has 0 bridgehead atoms. The highest BCUT2D eigenvalue weighted by atomic mass is 16.5. The van der Waals surface area contributed by atoms with Gasteiger partial charge in [-0.1, -0.05) is 25.1 Å². The first-order chi connectivity index (χ1) is 12.6. The monoisotopic (exact) mass is 360 g/mol. The fourth-order valence-electron chi connectivity index (χ4n) is 3.58. The fraction of sp³-hybridized carbons (Fsp3) is 0.550. The maximum absolute atomic E-state index is 5.65. The lowest BCUT2D eigenvalue weighted by Gasteiger charge is -2.24. The molecule has 1 aliphatic rings. The van der Waals surface area contributed by atoms with Gasteiger partial charge in [-0.05, 0) is 31.4 Å². The van der Waals surface area contributed by atoms with Crippen LogP contribution in [0.3, 0.4) is 0 Å². The molecule has 3 rings (SSSR count). The minimum absolute atomic E-state index is 0.243. The van der Waals surface area contributed by atoms with Crippen LogP contribution in [-0.4, -0.2) is 37.9 Å². The zero-order valence-electron chi connectivity index (χ0n) is 16.2. The third kappa shape index (κ3) is 3.51. The Kier molecular flexibility index (Phi) is 5.71. The first kappa shape index (κ1) is 18.6. The summed E-state index contributed by atoms with van der Waals surface area (Å²) in [7, 11) is 4.92. The van der Waals surface area contributed by atoms with Crippen molar-refractivity contribution in [1.82, 2.24) is 10.1 Å². The predicted molar refractivity (Wildman–Crippen MR) is 99.1 cm³/mol. The number of hydrogen-bond acceptors (Lipinski definition) is 6. The second-order valence-corrected chi connectivity index (χ2v) is 6.93. The van der Waals surface area contributed by atoms with Crippen LogP contribution in [0.5, 0.6) is 17.2 Å². The van der Waals surface area contributed by atoms with Gasteiger partial charge in [0.1, 0.15) is 0 Å². The minimum atomic E-state index is 0.243. The molecule has 1 fully saturated rings. The van der Waals surface area contributed by atoms with E-state index < -0.39 is 0 Å². The van der Waals surface area contributed by atoms with Crippen LogP contribution in [-0.2, 0) is 6.54 Å². The molecule has 1 saturated heterocycles. The summed E-state index contributed by atoms with van der Waals surface area (Å²) in [5.41, 5.74) is 2.08. The van der Waals surface area contributed by atoms with E-state index in [-0.39, 0.29) is 6.04 Å². The normalized spacial score (nSPS) is 17.7. The molecule has 0 spiro atoms. The van der Waals surface area contributed by atoms with E-state index in [0.29, 0.717) is 17.4 Å². The number of hydrogen-bond donors (Lipinski definition) is 0.